The molecule has 2 aromatic carbocycles. The van der Waals surface area contributed by atoms with E-state index in [0.717, 1.165) is 35.5 Å². The fourth-order valence-corrected chi connectivity index (χ4v) is 3.01. The first kappa shape index (κ1) is 19.7. The molecule has 0 aromatic heterocycles. The fraction of sp³-hybridized carbons (Fsp3) is 0.292. The Balaban J connectivity index is 1.61. The summed E-state index contributed by atoms with van der Waals surface area (Å²) in [5, 5.41) is 0. The van der Waals surface area contributed by atoms with Crippen LogP contribution in [0.4, 0.5) is 0 Å². The summed E-state index contributed by atoms with van der Waals surface area (Å²) in [7, 11) is 0. The van der Waals surface area contributed by atoms with Crippen LogP contribution in [0.25, 0.3) is 0 Å². The maximum absolute atomic E-state index is 11.7. The van der Waals surface area contributed by atoms with Crippen molar-refractivity contribution in [3.8, 4) is 17.2 Å². The number of rotatable bonds is 8. The van der Waals surface area contributed by atoms with Gasteiger partial charge in [0.25, 0.3) is 0 Å². The summed E-state index contributed by atoms with van der Waals surface area (Å²) in [6, 6.07) is 13.3. The molecule has 0 saturated carbocycles. The summed E-state index contributed by atoms with van der Waals surface area (Å²) in [5.74, 6) is 2.01. The zero-order chi connectivity index (χ0) is 19.8. The Morgan fingerprint density at radius 1 is 1.07 bits per heavy atom. The molecular formula is C24H26O4. The lowest BCUT2D eigenvalue weighted by Crippen LogP contribution is -2.08. The minimum atomic E-state index is -0.215. The lowest BCUT2D eigenvalue weighted by molar-refractivity contribution is -0.142. The largest absolute Gasteiger partial charge is 0.489 e. The third-order valence-corrected chi connectivity index (χ3v) is 4.52. The van der Waals surface area contributed by atoms with Crippen molar-refractivity contribution in [2.75, 3.05) is 13.2 Å². The molecule has 0 fully saturated rings. The highest BCUT2D eigenvalue weighted by molar-refractivity contribution is 5.73. The number of esters is 1. The summed E-state index contributed by atoms with van der Waals surface area (Å²) in [4.78, 5) is 11.7. The molecule has 1 aliphatic rings. The molecule has 0 saturated heterocycles. The van der Waals surface area contributed by atoms with Gasteiger partial charge in [0.1, 0.15) is 23.9 Å². The van der Waals surface area contributed by atoms with E-state index in [2.05, 4.69) is 18.2 Å². The van der Waals surface area contributed by atoms with Crippen molar-refractivity contribution in [2.24, 2.45) is 0 Å². The predicted octanol–water partition coefficient (Wildman–Crippen LogP) is 5.55. The summed E-state index contributed by atoms with van der Waals surface area (Å²) in [6.07, 6.45) is 8.75. The number of hydrogen-bond donors (Lipinski definition) is 0. The Bertz CT molecular complexity index is 880. The number of benzene rings is 2. The van der Waals surface area contributed by atoms with Crippen LogP contribution in [0.5, 0.6) is 17.2 Å². The van der Waals surface area contributed by atoms with E-state index in [1.54, 1.807) is 0 Å². The molecule has 0 radical (unpaired) electrons. The first-order chi connectivity index (χ1) is 13.6. The van der Waals surface area contributed by atoms with E-state index in [1.807, 2.05) is 56.3 Å². The predicted molar refractivity (Wildman–Crippen MR) is 110 cm³/mol. The van der Waals surface area contributed by atoms with Crippen LogP contribution in [-0.2, 0) is 16.0 Å². The Morgan fingerprint density at radius 3 is 2.64 bits per heavy atom. The summed E-state index contributed by atoms with van der Waals surface area (Å²) >= 11 is 0. The fourth-order valence-electron chi connectivity index (χ4n) is 3.01. The second-order valence-electron chi connectivity index (χ2n) is 6.73. The maximum Gasteiger partial charge on any atom is 0.310 e. The van der Waals surface area contributed by atoms with Gasteiger partial charge in [0.2, 0.25) is 0 Å². The van der Waals surface area contributed by atoms with Crippen molar-refractivity contribution in [2.45, 2.75) is 33.1 Å². The Kier molecular flexibility index (Phi) is 6.90. The van der Waals surface area contributed by atoms with Crippen molar-refractivity contribution in [3.63, 3.8) is 0 Å². The van der Waals surface area contributed by atoms with Gasteiger partial charge in [-0.05, 0) is 67.7 Å². The second-order valence-corrected chi connectivity index (χ2v) is 6.73. The maximum atomic E-state index is 11.7. The molecule has 2 aromatic rings. The summed E-state index contributed by atoms with van der Waals surface area (Å²) in [5.41, 5.74) is 3.23. The summed E-state index contributed by atoms with van der Waals surface area (Å²) in [6.45, 7) is 4.76. The molecule has 146 valence electrons. The van der Waals surface area contributed by atoms with Gasteiger partial charge in [0.05, 0.1) is 13.0 Å². The van der Waals surface area contributed by atoms with Gasteiger partial charge in [-0.15, -0.1) is 0 Å². The van der Waals surface area contributed by atoms with Crippen LogP contribution in [0, 0.1) is 6.92 Å². The molecule has 4 nitrogen and oxygen atoms in total. The van der Waals surface area contributed by atoms with Crippen molar-refractivity contribution in [1.82, 2.24) is 0 Å². The molecule has 0 unspecified atom stereocenters. The van der Waals surface area contributed by atoms with E-state index in [1.165, 1.54) is 5.57 Å². The molecule has 0 aliphatic heterocycles. The van der Waals surface area contributed by atoms with Gasteiger partial charge in [-0.25, -0.2) is 0 Å². The number of carbonyl (C=O) groups is 1. The smallest absolute Gasteiger partial charge is 0.310 e. The van der Waals surface area contributed by atoms with Gasteiger partial charge in [0.15, 0.2) is 0 Å². The van der Waals surface area contributed by atoms with Crippen LogP contribution in [0.3, 0.4) is 0 Å². The van der Waals surface area contributed by atoms with E-state index >= 15 is 0 Å². The number of carbonyl (C=O) groups excluding carboxylic acids is 1. The molecular weight excluding hydrogens is 352 g/mol. The highest BCUT2D eigenvalue weighted by Crippen LogP contribution is 2.27. The van der Waals surface area contributed by atoms with E-state index in [0.29, 0.717) is 19.0 Å². The average molecular weight is 378 g/mol. The third-order valence-electron chi connectivity index (χ3n) is 4.52. The van der Waals surface area contributed by atoms with Crippen LogP contribution < -0.4 is 9.47 Å². The van der Waals surface area contributed by atoms with E-state index < -0.39 is 0 Å². The van der Waals surface area contributed by atoms with E-state index in [9.17, 15) is 4.79 Å². The van der Waals surface area contributed by atoms with Crippen LogP contribution in [-0.4, -0.2) is 19.2 Å². The highest BCUT2D eigenvalue weighted by atomic mass is 16.5. The highest BCUT2D eigenvalue weighted by Gasteiger charge is 2.09. The van der Waals surface area contributed by atoms with Crippen LogP contribution in [0.15, 0.2) is 66.3 Å². The molecule has 0 bridgehead atoms. The molecule has 4 heteroatoms. The van der Waals surface area contributed by atoms with Crippen LogP contribution >= 0.6 is 0 Å². The molecule has 0 N–H and O–H groups in total. The van der Waals surface area contributed by atoms with Crippen molar-refractivity contribution in [3.05, 3.63) is 77.4 Å². The first-order valence-electron chi connectivity index (χ1n) is 9.64. The van der Waals surface area contributed by atoms with Gasteiger partial charge in [0, 0.05) is 6.07 Å². The van der Waals surface area contributed by atoms with Gasteiger partial charge in [-0.1, -0.05) is 30.4 Å². The summed E-state index contributed by atoms with van der Waals surface area (Å²) < 4.78 is 16.9. The van der Waals surface area contributed by atoms with Gasteiger partial charge in [-0.2, -0.15) is 0 Å². The Hall–Kier alpha value is -3.01. The molecule has 3 rings (SSSR count). The monoisotopic (exact) mass is 378 g/mol. The van der Waals surface area contributed by atoms with Crippen molar-refractivity contribution < 1.29 is 19.0 Å². The van der Waals surface area contributed by atoms with Gasteiger partial charge >= 0.3 is 5.97 Å². The molecule has 0 spiro atoms. The zero-order valence-electron chi connectivity index (χ0n) is 16.4. The number of aryl methyl sites for hydroxylation is 1. The third kappa shape index (κ3) is 5.74. The van der Waals surface area contributed by atoms with E-state index in [4.69, 9.17) is 14.2 Å². The molecule has 1 aliphatic carbocycles. The normalized spacial score (nSPS) is 13.0. The lowest BCUT2D eigenvalue weighted by atomic mass is 10.1. The Morgan fingerprint density at radius 2 is 1.89 bits per heavy atom. The zero-order valence-corrected chi connectivity index (χ0v) is 16.4. The van der Waals surface area contributed by atoms with Crippen molar-refractivity contribution in [1.29, 1.82) is 0 Å². The number of hydrogen-bond acceptors (Lipinski definition) is 4. The lowest BCUT2D eigenvalue weighted by Gasteiger charge is -2.13. The molecule has 28 heavy (non-hydrogen) atoms. The molecule has 0 heterocycles. The average Bonchev–Trinajstić information content (AvgIpc) is 2.70. The van der Waals surface area contributed by atoms with Crippen LogP contribution in [0.2, 0.25) is 0 Å². The second kappa shape index (κ2) is 9.79. The van der Waals surface area contributed by atoms with Crippen molar-refractivity contribution >= 4 is 5.97 Å². The van der Waals surface area contributed by atoms with Crippen LogP contribution in [0.1, 0.15) is 30.9 Å². The quantitative estimate of drug-likeness (QED) is 0.565. The standard InChI is InChI=1S/C24H26O4/c1-3-26-24(25)15-20-12-13-23(14-18(20)2)28-22-11-7-10-21(16-22)27-17-19-8-5-4-6-9-19/h4-5,7-8,10-14,16H,3,6,9,15,17H2,1-2H3. The minimum absolute atomic E-state index is 0.215. The molecule has 0 amide bonds. The van der Waals surface area contributed by atoms with Gasteiger partial charge in [-0.3, -0.25) is 4.79 Å². The van der Waals surface area contributed by atoms with Gasteiger partial charge < -0.3 is 14.2 Å². The van der Waals surface area contributed by atoms with E-state index in [-0.39, 0.29) is 12.4 Å². The SMILES string of the molecule is CCOC(=O)Cc1ccc(Oc2cccc(OCC3=CC=CCC3)c2)cc1C. The Labute approximate surface area is 166 Å². The minimum Gasteiger partial charge on any atom is -0.489 e. The topological polar surface area (TPSA) is 44.8 Å². The molecule has 0 atom stereocenters. The number of allylic oxidation sites excluding steroid dienone is 3. The first-order valence-corrected chi connectivity index (χ1v) is 9.64. The number of ether oxygens (including phenoxy) is 3.